The van der Waals surface area contributed by atoms with E-state index in [-0.39, 0.29) is 100 Å². The third-order valence-corrected chi connectivity index (χ3v) is 11.3. The van der Waals surface area contributed by atoms with Crippen molar-refractivity contribution in [1.29, 1.82) is 0 Å². The molecular formula is C46H76N2O15. The van der Waals surface area contributed by atoms with Gasteiger partial charge in [0.25, 0.3) is 0 Å². The minimum atomic E-state index is -1.53. The number of Topliss-reactive ketones (excluding diaryl/α,β-unsaturated/α-hetero) is 3. The molecule has 3 unspecified atom stereocenters. The van der Waals surface area contributed by atoms with E-state index in [1.54, 1.807) is 13.8 Å². The Hall–Kier alpha value is -4.70. The van der Waals surface area contributed by atoms with Gasteiger partial charge < -0.3 is 36.2 Å². The molecule has 0 bridgehead atoms. The number of hydrogen-bond acceptors (Lipinski definition) is 10. The second-order valence-electron chi connectivity index (χ2n) is 17.1. The Morgan fingerprint density at radius 2 is 0.683 bits per heavy atom. The van der Waals surface area contributed by atoms with Crippen molar-refractivity contribution in [2.24, 2.45) is 17.8 Å². The lowest BCUT2D eigenvalue weighted by Gasteiger charge is -2.17. The summed E-state index contributed by atoms with van der Waals surface area (Å²) in [6, 6.07) is -2.99. The molecule has 0 spiro atoms. The number of rotatable bonds is 43. The fourth-order valence-corrected chi connectivity index (χ4v) is 7.17. The van der Waals surface area contributed by atoms with Crippen molar-refractivity contribution in [3.8, 4) is 0 Å². The lowest BCUT2D eigenvalue weighted by molar-refractivity contribution is -0.144. The molecule has 0 heterocycles. The standard InChI is InChI=1S/C46H76N2O15/c1-32(2)39(51)29-23-33(43(56)57)18-17-20-36(50)26-27-37(45(60)61)47-41(53)31-28-38(46(62)63)48-40(52)30-24-34(44(58)59)22-25-35(49)19-15-13-11-9-7-5-3-4-6-8-10-12-14-16-21-42(54)55/h32-34,37-38H,3-31H2,1-2H3,(H,47,53)(H,48,52)(H,54,55)(H,56,57)(H,58,59)(H,60,61)(H,62,63)/t33-,34?,37?,38?/m0/s1. The van der Waals surface area contributed by atoms with Crippen LogP contribution in [0.1, 0.15) is 200 Å². The topological polar surface area (TPSA) is 296 Å². The van der Waals surface area contributed by atoms with Gasteiger partial charge in [-0.3, -0.25) is 38.4 Å². The molecule has 0 saturated heterocycles. The Kier molecular flexibility index (Phi) is 33.1. The number of unbranched alkanes of at least 4 members (excludes halogenated alkanes) is 13. The number of hydrogen-bond donors (Lipinski definition) is 7. The molecule has 63 heavy (non-hydrogen) atoms. The van der Waals surface area contributed by atoms with Crippen LogP contribution in [0.4, 0.5) is 0 Å². The molecule has 0 aromatic heterocycles. The van der Waals surface area contributed by atoms with Gasteiger partial charge in [-0.15, -0.1) is 0 Å². The number of carbonyl (C=O) groups is 10. The van der Waals surface area contributed by atoms with E-state index >= 15 is 0 Å². The third kappa shape index (κ3) is 32.6. The van der Waals surface area contributed by atoms with Crippen LogP contribution in [0.3, 0.4) is 0 Å². The van der Waals surface area contributed by atoms with E-state index < -0.39 is 78.4 Å². The lowest BCUT2D eigenvalue weighted by atomic mass is 9.92. The highest BCUT2D eigenvalue weighted by atomic mass is 16.4. The number of aliphatic carboxylic acids is 5. The molecule has 0 aliphatic heterocycles. The summed E-state index contributed by atoms with van der Waals surface area (Å²) >= 11 is 0. The first-order chi connectivity index (χ1) is 29.8. The fourth-order valence-electron chi connectivity index (χ4n) is 7.17. The van der Waals surface area contributed by atoms with Crippen LogP contribution in [0.2, 0.25) is 0 Å². The summed E-state index contributed by atoms with van der Waals surface area (Å²) in [7, 11) is 0. The van der Waals surface area contributed by atoms with Crippen LogP contribution in [-0.2, 0) is 47.9 Å². The summed E-state index contributed by atoms with van der Waals surface area (Å²) in [6.45, 7) is 3.45. The fraction of sp³-hybridized carbons (Fsp3) is 0.783. The molecule has 0 fully saturated rings. The normalized spacial score (nSPS) is 13.1. The first-order valence-corrected chi connectivity index (χ1v) is 23.1. The number of nitrogens with one attached hydrogen (secondary N) is 2. The predicted molar refractivity (Wildman–Crippen MR) is 233 cm³/mol. The van der Waals surface area contributed by atoms with Gasteiger partial charge in [-0.25, -0.2) is 9.59 Å². The largest absolute Gasteiger partial charge is 0.481 e. The van der Waals surface area contributed by atoms with Crippen LogP contribution in [0.5, 0.6) is 0 Å². The summed E-state index contributed by atoms with van der Waals surface area (Å²) < 4.78 is 0. The highest BCUT2D eigenvalue weighted by Crippen LogP contribution is 2.20. The molecule has 7 N–H and O–H groups in total. The summed E-state index contributed by atoms with van der Waals surface area (Å²) in [6.07, 6.45) is 14.4. The van der Waals surface area contributed by atoms with Gasteiger partial charge in [0, 0.05) is 57.3 Å². The molecule has 4 atom stereocenters. The maximum absolute atomic E-state index is 12.6. The Balaban J connectivity index is 4.44. The predicted octanol–water partition coefficient (Wildman–Crippen LogP) is 7.29. The van der Waals surface area contributed by atoms with Gasteiger partial charge in [0.05, 0.1) is 11.8 Å². The molecular weight excluding hydrogens is 821 g/mol. The zero-order valence-electron chi connectivity index (χ0n) is 37.7. The molecule has 0 rings (SSSR count). The average Bonchev–Trinajstić information content (AvgIpc) is 3.21. The quantitative estimate of drug-likeness (QED) is 0.0296. The Bertz CT molecular complexity index is 1450. The van der Waals surface area contributed by atoms with Crippen molar-refractivity contribution in [3.05, 3.63) is 0 Å². The molecule has 17 nitrogen and oxygen atoms in total. The van der Waals surface area contributed by atoms with E-state index in [1.165, 1.54) is 32.1 Å². The molecule has 360 valence electrons. The van der Waals surface area contributed by atoms with Crippen molar-refractivity contribution in [2.75, 3.05) is 0 Å². The van der Waals surface area contributed by atoms with E-state index in [4.69, 9.17) is 5.11 Å². The van der Waals surface area contributed by atoms with Gasteiger partial charge in [0.2, 0.25) is 11.8 Å². The number of amides is 2. The number of carboxylic acids is 5. The maximum atomic E-state index is 12.6. The summed E-state index contributed by atoms with van der Waals surface area (Å²) in [4.78, 5) is 119. The van der Waals surface area contributed by atoms with Crippen LogP contribution in [0.15, 0.2) is 0 Å². The van der Waals surface area contributed by atoms with E-state index in [1.807, 2.05) is 0 Å². The molecule has 17 heteroatoms. The van der Waals surface area contributed by atoms with Gasteiger partial charge in [0.15, 0.2) is 0 Å². The minimum Gasteiger partial charge on any atom is -0.481 e. The Morgan fingerprint density at radius 1 is 0.349 bits per heavy atom. The second kappa shape index (κ2) is 35.7. The highest BCUT2D eigenvalue weighted by molar-refractivity contribution is 5.87. The summed E-state index contributed by atoms with van der Waals surface area (Å²) in [5.74, 6) is -9.89. The van der Waals surface area contributed by atoms with Crippen LogP contribution < -0.4 is 10.6 Å². The van der Waals surface area contributed by atoms with E-state index in [9.17, 15) is 68.4 Å². The smallest absolute Gasteiger partial charge is 0.326 e. The van der Waals surface area contributed by atoms with Gasteiger partial charge >= 0.3 is 29.8 Å². The molecule has 0 aliphatic carbocycles. The molecule has 0 aromatic rings. The van der Waals surface area contributed by atoms with Crippen molar-refractivity contribution >= 4 is 59.0 Å². The van der Waals surface area contributed by atoms with Gasteiger partial charge in [-0.1, -0.05) is 90.9 Å². The molecule has 0 aliphatic rings. The van der Waals surface area contributed by atoms with Crippen molar-refractivity contribution < 1.29 is 73.5 Å². The maximum Gasteiger partial charge on any atom is 0.326 e. The van der Waals surface area contributed by atoms with Gasteiger partial charge in [0.1, 0.15) is 29.4 Å². The Labute approximate surface area is 372 Å². The van der Waals surface area contributed by atoms with Crippen molar-refractivity contribution in [2.45, 2.75) is 212 Å². The van der Waals surface area contributed by atoms with Gasteiger partial charge in [-0.05, 0) is 57.8 Å². The van der Waals surface area contributed by atoms with Crippen LogP contribution in [0, 0.1) is 17.8 Å². The van der Waals surface area contributed by atoms with Gasteiger partial charge in [-0.2, -0.15) is 0 Å². The Morgan fingerprint density at radius 3 is 1.10 bits per heavy atom. The molecule has 0 radical (unpaired) electrons. The first kappa shape index (κ1) is 58.3. The average molecular weight is 897 g/mol. The zero-order valence-corrected chi connectivity index (χ0v) is 37.7. The van der Waals surface area contributed by atoms with Crippen LogP contribution >= 0.6 is 0 Å². The third-order valence-electron chi connectivity index (χ3n) is 11.3. The van der Waals surface area contributed by atoms with E-state index in [2.05, 4.69) is 10.6 Å². The number of carboxylic acid groups (broad SMARTS) is 5. The van der Waals surface area contributed by atoms with E-state index in [0.717, 1.165) is 57.8 Å². The highest BCUT2D eigenvalue weighted by Gasteiger charge is 2.26. The molecule has 0 aromatic carbocycles. The van der Waals surface area contributed by atoms with Crippen molar-refractivity contribution in [3.63, 3.8) is 0 Å². The number of ketones is 3. The minimum absolute atomic E-state index is 0.0143. The molecule has 0 saturated carbocycles. The number of carbonyl (C=O) groups excluding carboxylic acids is 5. The second-order valence-corrected chi connectivity index (χ2v) is 17.1. The van der Waals surface area contributed by atoms with E-state index in [0.29, 0.717) is 6.42 Å². The summed E-state index contributed by atoms with van der Waals surface area (Å²) in [5.41, 5.74) is 0. The summed E-state index contributed by atoms with van der Waals surface area (Å²) in [5, 5.41) is 51.5. The van der Waals surface area contributed by atoms with Crippen molar-refractivity contribution in [1.82, 2.24) is 10.6 Å². The SMILES string of the molecule is CC(C)C(=O)CC[C@H](CCCC(=O)CCC(NC(=O)CCC(NC(=O)CCC(CCC(=O)CCCCCCCCCCCCCCCCC(=O)O)C(=O)O)C(=O)O)C(=O)O)C(=O)O. The molecule has 2 amide bonds. The van der Waals surface area contributed by atoms with Crippen LogP contribution in [-0.4, -0.2) is 96.6 Å². The lowest BCUT2D eigenvalue weighted by Crippen LogP contribution is -2.44. The zero-order chi connectivity index (χ0) is 47.6. The first-order valence-electron chi connectivity index (χ1n) is 23.1. The monoisotopic (exact) mass is 897 g/mol. The van der Waals surface area contributed by atoms with Crippen LogP contribution in [0.25, 0.3) is 0 Å².